The van der Waals surface area contributed by atoms with Crippen molar-refractivity contribution in [1.29, 1.82) is 0 Å². The Kier molecular flexibility index (Phi) is 6.87. The van der Waals surface area contributed by atoms with Crippen LogP contribution in [0.3, 0.4) is 0 Å². The zero-order valence-corrected chi connectivity index (χ0v) is 13.1. The highest BCUT2D eigenvalue weighted by atomic mass is 19.3. The molecule has 2 N–H and O–H groups in total. The molecule has 1 unspecified atom stereocenters. The van der Waals surface area contributed by atoms with Crippen LogP contribution in [0.15, 0.2) is 18.9 Å². The molecule has 1 heterocycles. The molecule has 0 aliphatic rings. The number of amides is 1. The number of carbonyl (C=O) groups is 2. The molecule has 23 heavy (non-hydrogen) atoms. The number of allylic oxidation sites excluding steroid dienone is 1. The molecule has 1 rings (SSSR count). The van der Waals surface area contributed by atoms with Gasteiger partial charge >= 0.3 is 5.97 Å². The quantitative estimate of drug-likeness (QED) is 0.682. The first-order valence-corrected chi connectivity index (χ1v) is 7.26. The van der Waals surface area contributed by atoms with Gasteiger partial charge in [0.15, 0.2) is 0 Å². The number of hydrogen-bond donors (Lipinski definition) is 2. The van der Waals surface area contributed by atoms with Gasteiger partial charge in [0.1, 0.15) is 11.7 Å². The molecule has 0 aliphatic carbocycles. The SMILES string of the molecule is C=CCCC(NC(=O)c1cnn(CC(C)C)c1C(F)F)C(=O)O. The summed E-state index contributed by atoms with van der Waals surface area (Å²) in [5, 5.41) is 15.2. The second-order valence-corrected chi connectivity index (χ2v) is 5.55. The van der Waals surface area contributed by atoms with Gasteiger partial charge in [-0.2, -0.15) is 5.10 Å². The van der Waals surface area contributed by atoms with E-state index in [1.807, 2.05) is 13.8 Å². The van der Waals surface area contributed by atoms with Gasteiger partial charge in [-0.3, -0.25) is 9.48 Å². The van der Waals surface area contributed by atoms with Gasteiger partial charge in [0, 0.05) is 6.54 Å². The van der Waals surface area contributed by atoms with E-state index in [2.05, 4.69) is 17.0 Å². The number of alkyl halides is 2. The van der Waals surface area contributed by atoms with Gasteiger partial charge in [0.05, 0.1) is 11.8 Å². The van der Waals surface area contributed by atoms with Crippen LogP contribution >= 0.6 is 0 Å². The summed E-state index contributed by atoms with van der Waals surface area (Å²) in [6.45, 7) is 7.40. The number of carbonyl (C=O) groups excluding carboxylic acids is 1. The molecule has 8 heteroatoms. The normalized spacial score (nSPS) is 12.4. The molecule has 0 bridgehead atoms. The van der Waals surface area contributed by atoms with Crippen LogP contribution in [0.5, 0.6) is 0 Å². The van der Waals surface area contributed by atoms with Crippen molar-refractivity contribution in [1.82, 2.24) is 15.1 Å². The Morgan fingerprint density at radius 3 is 2.61 bits per heavy atom. The predicted octanol–water partition coefficient (Wildman–Crippen LogP) is 2.63. The first-order chi connectivity index (χ1) is 10.8. The zero-order chi connectivity index (χ0) is 17.6. The molecule has 1 atom stereocenters. The molecule has 1 amide bonds. The van der Waals surface area contributed by atoms with Gasteiger partial charge in [0.25, 0.3) is 12.3 Å². The number of halogens is 2. The number of aromatic nitrogens is 2. The largest absolute Gasteiger partial charge is 0.480 e. The van der Waals surface area contributed by atoms with E-state index in [0.29, 0.717) is 6.42 Å². The molecule has 1 aromatic rings. The van der Waals surface area contributed by atoms with E-state index in [1.54, 1.807) is 0 Å². The highest BCUT2D eigenvalue weighted by Crippen LogP contribution is 2.24. The summed E-state index contributed by atoms with van der Waals surface area (Å²) in [5.41, 5.74) is -0.797. The molecular weight excluding hydrogens is 308 g/mol. The van der Waals surface area contributed by atoms with Crippen LogP contribution in [0.2, 0.25) is 0 Å². The van der Waals surface area contributed by atoms with Crippen molar-refractivity contribution in [2.75, 3.05) is 0 Å². The highest BCUT2D eigenvalue weighted by Gasteiger charge is 2.27. The maximum absolute atomic E-state index is 13.3. The number of carboxylic acids is 1. The Morgan fingerprint density at radius 1 is 1.48 bits per heavy atom. The maximum atomic E-state index is 13.3. The third-order valence-electron chi connectivity index (χ3n) is 3.13. The summed E-state index contributed by atoms with van der Waals surface area (Å²) >= 11 is 0. The van der Waals surface area contributed by atoms with E-state index in [1.165, 1.54) is 6.08 Å². The first-order valence-electron chi connectivity index (χ1n) is 7.26. The van der Waals surface area contributed by atoms with E-state index in [0.717, 1.165) is 10.9 Å². The monoisotopic (exact) mass is 329 g/mol. The van der Waals surface area contributed by atoms with Crippen molar-refractivity contribution in [2.45, 2.75) is 45.7 Å². The van der Waals surface area contributed by atoms with E-state index in [4.69, 9.17) is 5.11 Å². The highest BCUT2D eigenvalue weighted by molar-refractivity contribution is 5.97. The first kappa shape index (κ1) is 18.8. The number of carboxylic acid groups (broad SMARTS) is 1. The second-order valence-electron chi connectivity index (χ2n) is 5.55. The molecule has 0 spiro atoms. The molecule has 128 valence electrons. The van der Waals surface area contributed by atoms with Gasteiger partial charge in [0.2, 0.25) is 0 Å². The average molecular weight is 329 g/mol. The number of rotatable bonds is 9. The van der Waals surface area contributed by atoms with E-state index >= 15 is 0 Å². The summed E-state index contributed by atoms with van der Waals surface area (Å²) in [6, 6.07) is -1.17. The van der Waals surface area contributed by atoms with Crippen LogP contribution in [-0.2, 0) is 11.3 Å². The van der Waals surface area contributed by atoms with Crippen molar-refractivity contribution >= 4 is 11.9 Å². The fourth-order valence-corrected chi connectivity index (χ4v) is 2.07. The lowest BCUT2D eigenvalue weighted by Crippen LogP contribution is -2.41. The topological polar surface area (TPSA) is 84.2 Å². The van der Waals surface area contributed by atoms with Crippen LogP contribution in [0.4, 0.5) is 8.78 Å². The summed E-state index contributed by atoms with van der Waals surface area (Å²) < 4.78 is 27.6. The molecule has 6 nitrogen and oxygen atoms in total. The molecule has 0 fully saturated rings. The lowest BCUT2D eigenvalue weighted by molar-refractivity contribution is -0.139. The van der Waals surface area contributed by atoms with Gasteiger partial charge in [-0.1, -0.05) is 19.9 Å². The average Bonchev–Trinajstić information content (AvgIpc) is 2.85. The van der Waals surface area contributed by atoms with Gasteiger partial charge in [-0.05, 0) is 18.8 Å². The van der Waals surface area contributed by atoms with E-state index in [-0.39, 0.29) is 24.4 Å². The van der Waals surface area contributed by atoms with Crippen molar-refractivity contribution in [2.24, 2.45) is 5.92 Å². The minimum absolute atomic E-state index is 0.0719. The molecule has 0 aliphatic heterocycles. The molecule has 0 radical (unpaired) electrons. The summed E-state index contributed by atoms with van der Waals surface area (Å²) in [4.78, 5) is 23.3. The minimum Gasteiger partial charge on any atom is -0.480 e. The third-order valence-corrected chi connectivity index (χ3v) is 3.13. The van der Waals surface area contributed by atoms with E-state index in [9.17, 15) is 18.4 Å². The number of nitrogens with zero attached hydrogens (tertiary/aromatic N) is 2. The fourth-order valence-electron chi connectivity index (χ4n) is 2.07. The standard InChI is InChI=1S/C15H21F2N3O3/c1-4-5-6-11(15(22)23)19-14(21)10-7-18-20(8-9(2)3)12(10)13(16)17/h4,7,9,11,13H,1,5-6,8H2,2-3H3,(H,19,21)(H,22,23). The Balaban J connectivity index is 3.00. The predicted molar refractivity (Wildman–Crippen MR) is 80.3 cm³/mol. The number of hydrogen-bond acceptors (Lipinski definition) is 3. The molecular formula is C15H21F2N3O3. The molecule has 1 aromatic heterocycles. The smallest absolute Gasteiger partial charge is 0.326 e. The van der Waals surface area contributed by atoms with Crippen LogP contribution in [0.1, 0.15) is 49.2 Å². The van der Waals surface area contributed by atoms with Gasteiger partial charge in [-0.25, -0.2) is 13.6 Å². The van der Waals surface area contributed by atoms with Gasteiger partial charge in [-0.15, -0.1) is 6.58 Å². The number of nitrogens with one attached hydrogen (secondary N) is 1. The van der Waals surface area contributed by atoms with Crippen LogP contribution < -0.4 is 5.32 Å². The lowest BCUT2D eigenvalue weighted by atomic mass is 10.1. The fraction of sp³-hybridized carbons (Fsp3) is 0.533. The zero-order valence-electron chi connectivity index (χ0n) is 13.1. The van der Waals surface area contributed by atoms with Crippen LogP contribution in [-0.4, -0.2) is 32.8 Å². The second kappa shape index (κ2) is 8.40. The Hall–Kier alpha value is -2.25. The van der Waals surface area contributed by atoms with Crippen LogP contribution in [0, 0.1) is 5.92 Å². The number of aliphatic carboxylic acids is 1. The van der Waals surface area contributed by atoms with E-state index < -0.39 is 30.0 Å². The molecule has 0 saturated carbocycles. The van der Waals surface area contributed by atoms with Crippen molar-refractivity contribution < 1.29 is 23.5 Å². The van der Waals surface area contributed by atoms with Crippen molar-refractivity contribution in [3.05, 3.63) is 30.1 Å². The van der Waals surface area contributed by atoms with Crippen LogP contribution in [0.25, 0.3) is 0 Å². The van der Waals surface area contributed by atoms with Crippen molar-refractivity contribution in [3.63, 3.8) is 0 Å². The molecule has 0 saturated heterocycles. The maximum Gasteiger partial charge on any atom is 0.326 e. The Labute approximate surface area is 133 Å². The molecule has 0 aromatic carbocycles. The summed E-state index contributed by atoms with van der Waals surface area (Å²) in [5.74, 6) is -2.03. The minimum atomic E-state index is -2.88. The third kappa shape index (κ3) is 5.15. The summed E-state index contributed by atoms with van der Waals surface area (Å²) in [6.07, 6.45) is 0.202. The van der Waals surface area contributed by atoms with Gasteiger partial charge < -0.3 is 10.4 Å². The van der Waals surface area contributed by atoms with Crippen molar-refractivity contribution in [3.8, 4) is 0 Å². The summed E-state index contributed by atoms with van der Waals surface area (Å²) in [7, 11) is 0. The Morgan fingerprint density at radius 2 is 2.13 bits per heavy atom. The Bertz CT molecular complexity index is 570. The lowest BCUT2D eigenvalue weighted by Gasteiger charge is -2.14.